The van der Waals surface area contributed by atoms with Crippen molar-refractivity contribution in [3.63, 3.8) is 0 Å². The molecule has 0 unspecified atom stereocenters. The van der Waals surface area contributed by atoms with E-state index in [0.717, 1.165) is 5.39 Å². The summed E-state index contributed by atoms with van der Waals surface area (Å²) in [5, 5.41) is 3.86. The molecule has 0 atom stereocenters. The van der Waals surface area contributed by atoms with Crippen LogP contribution in [-0.4, -0.2) is 35.6 Å². The first-order valence-corrected chi connectivity index (χ1v) is 8.67. The zero-order chi connectivity index (χ0) is 20.1. The van der Waals surface area contributed by atoms with Gasteiger partial charge in [-0.3, -0.25) is 10.1 Å². The lowest BCUT2D eigenvalue weighted by atomic mass is 10.2. The number of ether oxygens (including phenoxy) is 2. The molecule has 0 bridgehead atoms. The zero-order valence-corrected chi connectivity index (χ0v) is 16.0. The number of benzene rings is 2. The zero-order valence-electron chi connectivity index (χ0n) is 15.3. The number of hydrogen-bond acceptors (Lipinski definition) is 6. The quantitative estimate of drug-likeness (QED) is 0.504. The van der Waals surface area contributed by atoms with Crippen molar-refractivity contribution in [1.82, 2.24) is 15.3 Å². The van der Waals surface area contributed by atoms with Crippen LogP contribution < -0.4 is 20.5 Å². The van der Waals surface area contributed by atoms with Crippen molar-refractivity contribution in [2.24, 2.45) is 10.7 Å². The number of nitrogens with zero attached hydrogens (tertiary/aromatic N) is 3. The molecule has 0 saturated carbocycles. The van der Waals surface area contributed by atoms with Gasteiger partial charge >= 0.3 is 0 Å². The number of hydrogen-bond donors (Lipinski definition) is 2. The normalized spacial score (nSPS) is 11.3. The number of amides is 1. The first kappa shape index (κ1) is 19.4. The Morgan fingerprint density at radius 2 is 1.89 bits per heavy atom. The molecule has 1 aromatic heterocycles. The highest BCUT2D eigenvalue weighted by Gasteiger charge is 2.08. The Balaban J connectivity index is 1.67. The van der Waals surface area contributed by atoms with Crippen molar-refractivity contribution < 1.29 is 14.3 Å². The second-order valence-electron chi connectivity index (χ2n) is 5.78. The molecule has 2 aromatic carbocycles. The first-order chi connectivity index (χ1) is 13.4. The van der Waals surface area contributed by atoms with E-state index < -0.39 is 5.91 Å². The topological polar surface area (TPSA) is 112 Å². The molecule has 3 N–H and O–H groups in total. The summed E-state index contributed by atoms with van der Waals surface area (Å²) in [5.74, 6) is 0.781. The van der Waals surface area contributed by atoms with Gasteiger partial charge in [0.25, 0.3) is 11.9 Å². The van der Waals surface area contributed by atoms with E-state index in [1.807, 2.05) is 13.0 Å². The molecule has 3 aromatic rings. The van der Waals surface area contributed by atoms with Crippen molar-refractivity contribution in [2.75, 3.05) is 13.7 Å². The third kappa shape index (κ3) is 4.86. The van der Waals surface area contributed by atoms with Crippen LogP contribution in [0.2, 0.25) is 5.02 Å². The summed E-state index contributed by atoms with van der Waals surface area (Å²) in [6.45, 7) is 1.60. The molecule has 0 aliphatic heterocycles. The fourth-order valence-corrected chi connectivity index (χ4v) is 2.54. The van der Waals surface area contributed by atoms with Gasteiger partial charge in [-0.15, -0.1) is 0 Å². The summed E-state index contributed by atoms with van der Waals surface area (Å²) in [6.07, 6.45) is 0. The summed E-state index contributed by atoms with van der Waals surface area (Å²) in [6, 6.07) is 12.1. The Labute approximate surface area is 166 Å². The van der Waals surface area contributed by atoms with Gasteiger partial charge in [0.15, 0.2) is 6.61 Å². The Bertz CT molecular complexity index is 1040. The van der Waals surface area contributed by atoms with Crippen LogP contribution in [0.1, 0.15) is 5.69 Å². The molecule has 0 fully saturated rings. The number of aryl methyl sites for hydroxylation is 1. The third-order valence-corrected chi connectivity index (χ3v) is 4.01. The highest BCUT2D eigenvalue weighted by molar-refractivity contribution is 6.30. The van der Waals surface area contributed by atoms with E-state index in [1.54, 1.807) is 43.5 Å². The number of aromatic nitrogens is 2. The molecule has 0 radical (unpaired) electrons. The lowest BCUT2D eigenvalue weighted by Gasteiger charge is -2.08. The predicted octanol–water partition coefficient (Wildman–Crippen LogP) is 2.74. The Morgan fingerprint density at radius 3 is 2.61 bits per heavy atom. The lowest BCUT2D eigenvalue weighted by Crippen LogP contribution is -2.39. The van der Waals surface area contributed by atoms with Gasteiger partial charge in [0.2, 0.25) is 5.96 Å². The molecule has 9 heteroatoms. The molecular weight excluding hydrogens is 382 g/mol. The van der Waals surface area contributed by atoms with Crippen molar-refractivity contribution in [1.29, 1.82) is 0 Å². The van der Waals surface area contributed by atoms with E-state index in [-0.39, 0.29) is 18.5 Å². The molecule has 0 aliphatic rings. The number of halogens is 1. The summed E-state index contributed by atoms with van der Waals surface area (Å²) < 4.78 is 10.6. The van der Waals surface area contributed by atoms with Gasteiger partial charge in [-0.1, -0.05) is 11.6 Å². The average molecular weight is 400 g/mol. The Kier molecular flexibility index (Phi) is 5.90. The number of guanidine groups is 1. The molecule has 0 spiro atoms. The summed E-state index contributed by atoms with van der Waals surface area (Å²) >= 11 is 5.80. The highest BCUT2D eigenvalue weighted by Crippen LogP contribution is 2.23. The van der Waals surface area contributed by atoms with Crippen molar-refractivity contribution in [2.45, 2.75) is 6.92 Å². The fraction of sp³-hybridized carbons (Fsp3) is 0.158. The second-order valence-corrected chi connectivity index (χ2v) is 6.22. The van der Waals surface area contributed by atoms with E-state index in [0.29, 0.717) is 27.7 Å². The van der Waals surface area contributed by atoms with Crippen LogP contribution in [0.5, 0.6) is 11.5 Å². The minimum atomic E-state index is -0.460. The van der Waals surface area contributed by atoms with Crippen LogP contribution in [0.25, 0.3) is 10.9 Å². The van der Waals surface area contributed by atoms with Gasteiger partial charge < -0.3 is 15.2 Å². The van der Waals surface area contributed by atoms with E-state index >= 15 is 0 Å². The number of nitrogens with two attached hydrogens (primary N) is 1. The number of nitrogens with one attached hydrogen (secondary N) is 1. The van der Waals surface area contributed by atoms with Crippen LogP contribution in [-0.2, 0) is 4.79 Å². The van der Waals surface area contributed by atoms with Crippen molar-refractivity contribution in [3.05, 3.63) is 53.2 Å². The summed E-state index contributed by atoms with van der Waals surface area (Å²) in [7, 11) is 1.59. The van der Waals surface area contributed by atoms with Gasteiger partial charge in [-0.2, -0.15) is 4.99 Å². The fourth-order valence-electron chi connectivity index (χ4n) is 2.42. The number of carbonyl (C=O) groups is 1. The maximum absolute atomic E-state index is 12.0. The predicted molar refractivity (Wildman–Crippen MR) is 107 cm³/mol. The molecule has 8 nitrogen and oxygen atoms in total. The van der Waals surface area contributed by atoms with E-state index in [2.05, 4.69) is 20.3 Å². The number of carbonyl (C=O) groups excluding carboxylic acids is 1. The number of aliphatic imine (C=N–C) groups is 1. The van der Waals surface area contributed by atoms with Crippen molar-refractivity contribution in [3.8, 4) is 11.5 Å². The van der Waals surface area contributed by atoms with Gasteiger partial charge in [0, 0.05) is 10.4 Å². The highest BCUT2D eigenvalue weighted by atomic mass is 35.5. The summed E-state index contributed by atoms with van der Waals surface area (Å²) in [4.78, 5) is 24.6. The van der Waals surface area contributed by atoms with Gasteiger partial charge in [0.05, 0.1) is 18.3 Å². The number of methoxy groups -OCH3 is 1. The Morgan fingerprint density at radius 1 is 1.18 bits per heavy atom. The minimum Gasteiger partial charge on any atom is -0.497 e. The van der Waals surface area contributed by atoms with E-state index in [1.165, 1.54) is 0 Å². The molecular formula is C19H18ClN5O3. The molecule has 0 aliphatic carbocycles. The maximum atomic E-state index is 12.0. The van der Waals surface area contributed by atoms with Crippen LogP contribution in [0.4, 0.5) is 5.95 Å². The third-order valence-electron chi connectivity index (χ3n) is 3.75. The number of rotatable bonds is 5. The van der Waals surface area contributed by atoms with E-state index in [4.69, 9.17) is 26.8 Å². The Hall–Kier alpha value is -3.39. The molecule has 1 heterocycles. The van der Waals surface area contributed by atoms with Crippen LogP contribution in [0.3, 0.4) is 0 Å². The van der Waals surface area contributed by atoms with Gasteiger partial charge in [0.1, 0.15) is 11.5 Å². The first-order valence-electron chi connectivity index (χ1n) is 8.29. The van der Waals surface area contributed by atoms with Gasteiger partial charge in [-0.25, -0.2) is 9.97 Å². The lowest BCUT2D eigenvalue weighted by molar-refractivity contribution is -0.121. The van der Waals surface area contributed by atoms with E-state index in [9.17, 15) is 4.79 Å². The average Bonchev–Trinajstić information content (AvgIpc) is 2.67. The second kappa shape index (κ2) is 8.53. The largest absolute Gasteiger partial charge is 0.497 e. The maximum Gasteiger partial charge on any atom is 0.264 e. The SMILES string of the molecule is COc1ccc2nc(/N=C(\N)NC(=O)COc3ccc(Cl)cc3)nc(C)c2c1. The smallest absolute Gasteiger partial charge is 0.264 e. The molecule has 144 valence electrons. The van der Waals surface area contributed by atoms with Crippen LogP contribution in [0, 0.1) is 6.92 Å². The monoisotopic (exact) mass is 399 g/mol. The minimum absolute atomic E-state index is 0.128. The molecule has 3 rings (SSSR count). The molecule has 1 amide bonds. The van der Waals surface area contributed by atoms with Crippen LogP contribution in [0.15, 0.2) is 47.5 Å². The van der Waals surface area contributed by atoms with Crippen molar-refractivity contribution >= 4 is 40.3 Å². The molecule has 28 heavy (non-hydrogen) atoms. The van der Waals surface area contributed by atoms with Gasteiger partial charge in [-0.05, 0) is 49.4 Å². The summed E-state index contributed by atoms with van der Waals surface area (Å²) in [5.41, 5.74) is 7.19. The number of fused-ring (bicyclic) bond motifs is 1. The standard InChI is InChI=1S/C19H18ClN5O3/c1-11-15-9-14(27-2)7-8-16(15)23-19(22-11)25-18(21)24-17(26)10-28-13-5-3-12(20)4-6-13/h3-9H,10H2,1-2H3,(H3,21,22,23,24,25,26). The molecule has 0 saturated heterocycles. The van der Waals surface area contributed by atoms with Crippen LogP contribution >= 0.6 is 11.6 Å².